The highest BCUT2D eigenvalue weighted by molar-refractivity contribution is 7.89. The van der Waals surface area contributed by atoms with Gasteiger partial charge in [-0.3, -0.25) is 0 Å². The van der Waals surface area contributed by atoms with Crippen molar-refractivity contribution in [1.82, 2.24) is 4.31 Å². The largest absolute Gasteiger partial charge is 0.243 e. The van der Waals surface area contributed by atoms with E-state index >= 15 is 0 Å². The van der Waals surface area contributed by atoms with E-state index in [2.05, 4.69) is 6.92 Å². The van der Waals surface area contributed by atoms with Crippen LogP contribution in [0.3, 0.4) is 0 Å². The van der Waals surface area contributed by atoms with Crippen molar-refractivity contribution in [2.45, 2.75) is 37.0 Å². The van der Waals surface area contributed by atoms with Crippen molar-refractivity contribution < 1.29 is 8.42 Å². The van der Waals surface area contributed by atoms with Crippen LogP contribution in [0.5, 0.6) is 0 Å². The molecule has 0 radical (unpaired) electrons. The molecule has 0 spiro atoms. The van der Waals surface area contributed by atoms with Crippen LogP contribution in [0.15, 0.2) is 23.1 Å². The molecule has 1 aromatic carbocycles. The molecule has 3 nitrogen and oxygen atoms in total. The number of nitrogens with zero attached hydrogens (tertiary/aromatic N) is 1. The zero-order valence-corrected chi connectivity index (χ0v) is 13.8. The number of rotatable bonds is 5. The van der Waals surface area contributed by atoms with Crippen molar-refractivity contribution >= 4 is 33.2 Å². The van der Waals surface area contributed by atoms with Crippen molar-refractivity contribution in [2.24, 2.45) is 5.92 Å². The zero-order chi connectivity index (χ0) is 14.8. The third-order valence-electron chi connectivity index (χ3n) is 3.74. The Balaban J connectivity index is 2.23. The van der Waals surface area contributed by atoms with E-state index in [1.165, 1.54) is 0 Å². The number of hydrogen-bond acceptors (Lipinski definition) is 2. The highest BCUT2D eigenvalue weighted by atomic mass is 35.5. The van der Waals surface area contributed by atoms with Crippen molar-refractivity contribution in [3.8, 4) is 0 Å². The minimum Gasteiger partial charge on any atom is -0.207 e. The predicted molar refractivity (Wildman–Crippen MR) is 82.8 cm³/mol. The third-order valence-corrected chi connectivity index (χ3v) is 6.26. The van der Waals surface area contributed by atoms with E-state index in [9.17, 15) is 8.42 Å². The fraction of sp³-hybridized carbons (Fsp3) is 0.571. The van der Waals surface area contributed by atoms with Crippen LogP contribution in [-0.4, -0.2) is 25.8 Å². The molecule has 1 aliphatic rings. The van der Waals surface area contributed by atoms with Gasteiger partial charge >= 0.3 is 0 Å². The van der Waals surface area contributed by atoms with Crippen LogP contribution in [0, 0.1) is 5.92 Å². The molecule has 1 fully saturated rings. The summed E-state index contributed by atoms with van der Waals surface area (Å²) >= 11 is 11.8. The summed E-state index contributed by atoms with van der Waals surface area (Å²) in [5.41, 5.74) is 0.652. The molecule has 1 aliphatic heterocycles. The summed E-state index contributed by atoms with van der Waals surface area (Å²) in [7, 11) is -3.42. The Kier molecular flexibility index (Phi) is 5.35. The van der Waals surface area contributed by atoms with Gasteiger partial charge in [0.15, 0.2) is 0 Å². The Morgan fingerprint density at radius 3 is 2.80 bits per heavy atom. The average Bonchev–Trinajstić information content (AvgIpc) is 2.89. The van der Waals surface area contributed by atoms with Gasteiger partial charge in [0.1, 0.15) is 0 Å². The first-order chi connectivity index (χ1) is 9.48. The van der Waals surface area contributed by atoms with Gasteiger partial charge in [0.05, 0.1) is 4.90 Å². The van der Waals surface area contributed by atoms with Crippen LogP contribution < -0.4 is 0 Å². The van der Waals surface area contributed by atoms with Gasteiger partial charge in [-0.2, -0.15) is 4.31 Å². The molecule has 6 heteroatoms. The van der Waals surface area contributed by atoms with Gasteiger partial charge in [-0.15, -0.1) is 11.6 Å². The molecule has 0 aromatic heterocycles. The molecule has 0 aliphatic carbocycles. The molecule has 1 unspecified atom stereocenters. The second-order valence-corrected chi connectivity index (χ2v) is 7.81. The Hall–Kier alpha value is -0.290. The molecule has 0 saturated carbocycles. The van der Waals surface area contributed by atoms with Crippen molar-refractivity contribution in [2.75, 3.05) is 13.1 Å². The number of benzene rings is 1. The van der Waals surface area contributed by atoms with E-state index in [1.54, 1.807) is 22.5 Å². The number of hydrogen-bond donors (Lipinski definition) is 0. The fourth-order valence-electron chi connectivity index (χ4n) is 2.62. The van der Waals surface area contributed by atoms with E-state index in [4.69, 9.17) is 23.2 Å². The smallest absolute Gasteiger partial charge is 0.207 e. The van der Waals surface area contributed by atoms with Gasteiger partial charge in [-0.25, -0.2) is 8.42 Å². The summed E-state index contributed by atoms with van der Waals surface area (Å²) in [6.45, 7) is 3.35. The third kappa shape index (κ3) is 3.30. The Labute approximate surface area is 130 Å². The second-order valence-electron chi connectivity index (χ2n) is 5.19. The molecule has 1 atom stereocenters. The normalized spacial score (nSPS) is 20.4. The molecule has 0 amide bonds. The van der Waals surface area contributed by atoms with Gasteiger partial charge in [-0.05, 0) is 42.5 Å². The predicted octanol–water partition coefficient (Wildman–Crippen LogP) is 3.89. The van der Waals surface area contributed by atoms with Crippen molar-refractivity contribution in [1.29, 1.82) is 0 Å². The van der Waals surface area contributed by atoms with Crippen LogP contribution in [0.4, 0.5) is 0 Å². The quantitative estimate of drug-likeness (QED) is 0.765. The minimum absolute atomic E-state index is 0.209. The highest BCUT2D eigenvalue weighted by Gasteiger charge is 2.32. The SMILES string of the molecule is CCCC1CCN(S(=O)(=O)c2ccc(Cl)c(CCl)c2)C1. The monoisotopic (exact) mass is 335 g/mol. The Bertz CT molecular complexity index is 575. The lowest BCUT2D eigenvalue weighted by molar-refractivity contribution is 0.444. The van der Waals surface area contributed by atoms with Crippen molar-refractivity contribution in [3.63, 3.8) is 0 Å². The van der Waals surface area contributed by atoms with E-state index in [1.807, 2.05) is 0 Å². The van der Waals surface area contributed by atoms with E-state index < -0.39 is 10.0 Å². The molecule has 1 saturated heterocycles. The molecular weight excluding hydrogens is 317 g/mol. The summed E-state index contributed by atoms with van der Waals surface area (Å²) in [5, 5.41) is 0.504. The van der Waals surface area contributed by atoms with Gasteiger partial charge in [-0.1, -0.05) is 24.9 Å². The number of alkyl halides is 1. The Morgan fingerprint density at radius 2 is 2.15 bits per heavy atom. The maximum atomic E-state index is 12.6. The number of sulfonamides is 1. The standard InChI is InChI=1S/C14H19Cl2NO2S/c1-2-3-11-6-7-17(10-11)20(18,19)13-4-5-14(16)12(8-13)9-15/h4-5,8,11H,2-3,6-7,9-10H2,1H3. The van der Waals surface area contributed by atoms with E-state index in [-0.39, 0.29) is 10.8 Å². The average molecular weight is 336 g/mol. The molecule has 2 rings (SSSR count). The maximum absolute atomic E-state index is 12.6. The summed E-state index contributed by atoms with van der Waals surface area (Å²) in [4.78, 5) is 0.287. The summed E-state index contributed by atoms with van der Waals surface area (Å²) in [5.74, 6) is 0.690. The molecule has 112 valence electrons. The molecule has 1 aromatic rings. The lowest BCUT2D eigenvalue weighted by Crippen LogP contribution is -2.29. The molecule has 0 bridgehead atoms. The van der Waals surface area contributed by atoms with Gasteiger partial charge < -0.3 is 0 Å². The Morgan fingerprint density at radius 1 is 1.40 bits per heavy atom. The molecule has 1 heterocycles. The first kappa shape index (κ1) is 16.1. The molecule has 0 N–H and O–H groups in total. The molecule has 20 heavy (non-hydrogen) atoms. The highest BCUT2D eigenvalue weighted by Crippen LogP contribution is 2.29. The van der Waals surface area contributed by atoms with Crippen LogP contribution in [-0.2, 0) is 15.9 Å². The maximum Gasteiger partial charge on any atom is 0.243 e. The lowest BCUT2D eigenvalue weighted by atomic mass is 10.0. The first-order valence-electron chi connectivity index (χ1n) is 6.83. The number of halogens is 2. The van der Waals surface area contributed by atoms with E-state index in [0.29, 0.717) is 29.6 Å². The molecular formula is C14H19Cl2NO2S. The van der Waals surface area contributed by atoms with Crippen LogP contribution in [0.1, 0.15) is 31.7 Å². The van der Waals surface area contributed by atoms with Gasteiger partial charge in [0.2, 0.25) is 10.0 Å². The topological polar surface area (TPSA) is 37.4 Å². The van der Waals surface area contributed by atoms with Crippen molar-refractivity contribution in [3.05, 3.63) is 28.8 Å². The van der Waals surface area contributed by atoms with Gasteiger partial charge in [0, 0.05) is 24.0 Å². The summed E-state index contributed by atoms with van der Waals surface area (Å²) < 4.78 is 26.8. The van der Waals surface area contributed by atoms with Crippen LogP contribution in [0.2, 0.25) is 5.02 Å². The lowest BCUT2D eigenvalue weighted by Gasteiger charge is -2.17. The summed E-state index contributed by atoms with van der Waals surface area (Å²) in [6, 6.07) is 4.74. The fourth-order valence-corrected chi connectivity index (χ4v) is 4.68. The second kappa shape index (κ2) is 6.65. The zero-order valence-electron chi connectivity index (χ0n) is 11.5. The first-order valence-corrected chi connectivity index (χ1v) is 9.18. The minimum atomic E-state index is -3.42. The van der Waals surface area contributed by atoms with Gasteiger partial charge in [0.25, 0.3) is 0 Å². The van der Waals surface area contributed by atoms with Crippen LogP contribution in [0.25, 0.3) is 0 Å². The van der Waals surface area contributed by atoms with Crippen LogP contribution >= 0.6 is 23.2 Å². The van der Waals surface area contributed by atoms with E-state index in [0.717, 1.165) is 19.3 Å². The summed E-state index contributed by atoms with van der Waals surface area (Å²) in [6.07, 6.45) is 3.12.